The molecule has 2 nitrogen and oxygen atoms in total. The van der Waals surface area contributed by atoms with Gasteiger partial charge in [0.25, 0.3) is 0 Å². The summed E-state index contributed by atoms with van der Waals surface area (Å²) in [4.78, 5) is 0. The van der Waals surface area contributed by atoms with E-state index in [0.717, 1.165) is 0 Å². The zero-order chi connectivity index (χ0) is 22.3. The van der Waals surface area contributed by atoms with Gasteiger partial charge in [-0.15, -0.1) is 0 Å². The molecule has 0 aliphatic carbocycles. The Morgan fingerprint density at radius 3 is 1.87 bits per heavy atom. The second-order valence-electron chi connectivity index (χ2n) is 9.80. The van der Waals surface area contributed by atoms with Crippen LogP contribution in [0.15, 0.2) is 40.5 Å². The Bertz CT molecular complexity index is 546. The molecule has 0 bridgehead atoms. The van der Waals surface area contributed by atoms with Crippen LogP contribution in [0.1, 0.15) is 64.9 Å². The van der Waals surface area contributed by atoms with Crippen molar-refractivity contribution >= 4 is 26.7 Å². The van der Waals surface area contributed by atoms with Crippen molar-refractivity contribution in [3.8, 4) is 0 Å². The third-order valence-corrected chi connectivity index (χ3v) is 20.8. The van der Waals surface area contributed by atoms with Crippen LogP contribution in [0.3, 0.4) is 0 Å². The standard InChI is InChI=1S/C14H21O2Si.3C4H9.Sn/c1-5-14(16-17(2,3)4)12-15-11-13-9-7-6-8-10-13;3*1-3-4-2;/h1,5-10,14H,11-12H2,2-4H3;3*1,3-4H2,2H3;. The monoisotopic (exact) mass is 540 g/mol. The van der Waals surface area contributed by atoms with Crippen LogP contribution in [0.4, 0.5) is 0 Å². The minimum atomic E-state index is -2.28. The van der Waals surface area contributed by atoms with Crippen molar-refractivity contribution in [2.45, 2.75) is 105 Å². The van der Waals surface area contributed by atoms with Gasteiger partial charge in [0.15, 0.2) is 0 Å². The normalized spacial score (nSPS) is 13.8. The summed E-state index contributed by atoms with van der Waals surface area (Å²) in [6.07, 6.45) is 10.7. The zero-order valence-electron chi connectivity index (χ0n) is 20.7. The molecule has 1 aromatic carbocycles. The van der Waals surface area contributed by atoms with E-state index in [2.05, 4.69) is 80.9 Å². The molecule has 1 unspecified atom stereocenters. The van der Waals surface area contributed by atoms with Crippen molar-refractivity contribution in [1.82, 2.24) is 0 Å². The van der Waals surface area contributed by atoms with E-state index in [0.29, 0.717) is 13.2 Å². The number of unbranched alkanes of at least 4 members (excludes halogenated alkanes) is 3. The molecule has 0 aliphatic heterocycles. The summed E-state index contributed by atoms with van der Waals surface area (Å²) in [5, 5.41) is 0. The fourth-order valence-corrected chi connectivity index (χ4v) is 19.4. The minimum absolute atomic E-state index is 0.0985. The van der Waals surface area contributed by atoms with Crippen molar-refractivity contribution in [3.05, 3.63) is 46.1 Å². The predicted octanol–water partition coefficient (Wildman–Crippen LogP) is 8.37. The molecule has 4 heteroatoms. The molecule has 172 valence electrons. The third-order valence-electron chi connectivity index (χ3n) is 5.65. The maximum absolute atomic E-state index is 6.55. The van der Waals surface area contributed by atoms with Gasteiger partial charge in [0.2, 0.25) is 0 Å². The van der Waals surface area contributed by atoms with Crippen LogP contribution in [0.5, 0.6) is 0 Å². The van der Waals surface area contributed by atoms with Gasteiger partial charge in [-0.25, -0.2) is 0 Å². The van der Waals surface area contributed by atoms with Gasteiger partial charge in [-0.05, 0) is 0 Å². The Balaban J connectivity index is 2.90. The van der Waals surface area contributed by atoms with Crippen LogP contribution in [-0.4, -0.2) is 39.4 Å². The van der Waals surface area contributed by atoms with Crippen molar-refractivity contribution in [2.75, 3.05) is 6.61 Å². The van der Waals surface area contributed by atoms with Crippen LogP contribution in [0.2, 0.25) is 33.0 Å². The summed E-state index contributed by atoms with van der Waals surface area (Å²) in [5.41, 5.74) is 1.23. The first kappa shape index (κ1) is 27.9. The number of benzene rings is 1. The summed E-state index contributed by atoms with van der Waals surface area (Å²) in [6.45, 7) is 15.2. The molecular weight excluding hydrogens is 491 g/mol. The van der Waals surface area contributed by atoms with E-state index in [9.17, 15) is 0 Å². The predicted molar refractivity (Wildman–Crippen MR) is 138 cm³/mol. The van der Waals surface area contributed by atoms with E-state index in [1.165, 1.54) is 57.4 Å². The second-order valence-corrected chi connectivity index (χ2v) is 27.3. The van der Waals surface area contributed by atoms with Crippen molar-refractivity contribution < 1.29 is 9.16 Å². The average Bonchev–Trinajstić information content (AvgIpc) is 2.72. The molecule has 1 atom stereocenters. The molecule has 0 aliphatic rings. The molecule has 0 spiro atoms. The van der Waals surface area contributed by atoms with Crippen molar-refractivity contribution in [2.24, 2.45) is 0 Å². The summed E-state index contributed by atoms with van der Waals surface area (Å²) in [7, 11) is -1.63. The fraction of sp³-hybridized carbons (Fsp3) is 0.692. The van der Waals surface area contributed by atoms with Gasteiger partial charge in [-0.3, -0.25) is 0 Å². The van der Waals surface area contributed by atoms with Gasteiger partial charge < -0.3 is 0 Å². The molecular formula is C26H48O2SiSn. The Hall–Kier alpha value is -0.104. The second kappa shape index (κ2) is 15.7. The maximum atomic E-state index is 6.55. The van der Waals surface area contributed by atoms with Gasteiger partial charge in [-0.2, -0.15) is 0 Å². The molecule has 0 radical (unpaired) electrons. The van der Waals surface area contributed by atoms with Gasteiger partial charge in [0.1, 0.15) is 0 Å². The summed E-state index contributed by atoms with van der Waals surface area (Å²) >= 11 is -2.28. The Kier molecular flexibility index (Phi) is 14.6. The van der Waals surface area contributed by atoms with Crippen LogP contribution in [0.25, 0.3) is 0 Å². The van der Waals surface area contributed by atoms with Gasteiger partial charge in [-0.1, -0.05) is 0 Å². The van der Waals surface area contributed by atoms with Gasteiger partial charge >= 0.3 is 193 Å². The summed E-state index contributed by atoms with van der Waals surface area (Å²) in [5.74, 6) is 0. The van der Waals surface area contributed by atoms with Crippen LogP contribution in [-0.2, 0) is 15.8 Å². The van der Waals surface area contributed by atoms with E-state index < -0.39 is 26.7 Å². The summed E-state index contributed by atoms with van der Waals surface area (Å²) < 4.78 is 19.9. The molecule has 0 saturated heterocycles. The molecule has 30 heavy (non-hydrogen) atoms. The first-order valence-corrected chi connectivity index (χ1v) is 23.4. The van der Waals surface area contributed by atoms with Gasteiger partial charge in [0, 0.05) is 0 Å². The molecule has 0 N–H and O–H groups in total. The Morgan fingerprint density at radius 2 is 1.40 bits per heavy atom. The van der Waals surface area contributed by atoms with Crippen LogP contribution < -0.4 is 0 Å². The molecule has 1 rings (SSSR count). The zero-order valence-corrected chi connectivity index (χ0v) is 24.6. The Labute approximate surface area is 192 Å². The first-order chi connectivity index (χ1) is 14.3. The average molecular weight is 539 g/mol. The quantitative estimate of drug-likeness (QED) is 0.185. The molecule has 1 aromatic rings. The van der Waals surface area contributed by atoms with Crippen LogP contribution in [0, 0.1) is 0 Å². The molecule has 0 fully saturated rings. The first-order valence-electron chi connectivity index (χ1n) is 12.3. The number of hydrogen-bond donors (Lipinski definition) is 0. The fourth-order valence-electron chi connectivity index (χ4n) is 3.97. The van der Waals surface area contributed by atoms with Crippen molar-refractivity contribution in [3.63, 3.8) is 0 Å². The Morgan fingerprint density at radius 1 is 0.867 bits per heavy atom. The van der Waals surface area contributed by atoms with Crippen molar-refractivity contribution in [1.29, 1.82) is 0 Å². The van der Waals surface area contributed by atoms with Gasteiger partial charge in [0.05, 0.1) is 0 Å². The third kappa shape index (κ3) is 12.7. The van der Waals surface area contributed by atoms with E-state index in [-0.39, 0.29) is 6.10 Å². The van der Waals surface area contributed by atoms with E-state index in [1.807, 2.05) is 0 Å². The number of rotatable bonds is 17. The SMILES string of the molecule is CCC[CH2][Sn](/[CH]=C/C(COCc1ccccc1)O[Si](C)(C)C)([CH2]CCC)[CH2]CCC. The molecule has 0 aromatic heterocycles. The molecule has 0 saturated carbocycles. The summed E-state index contributed by atoms with van der Waals surface area (Å²) in [6, 6.07) is 10.5. The van der Waals surface area contributed by atoms with E-state index in [1.54, 1.807) is 0 Å². The van der Waals surface area contributed by atoms with Crippen LogP contribution >= 0.6 is 0 Å². The van der Waals surface area contributed by atoms with E-state index in [4.69, 9.17) is 9.16 Å². The number of ether oxygens (including phenoxy) is 1. The van der Waals surface area contributed by atoms with E-state index >= 15 is 0 Å². The molecule has 0 amide bonds. The number of hydrogen-bond acceptors (Lipinski definition) is 2. The molecule has 0 heterocycles. The topological polar surface area (TPSA) is 18.5 Å².